The van der Waals surface area contributed by atoms with Gasteiger partial charge in [0.25, 0.3) is 12.5 Å². The average molecular weight is 148 g/mol. The molecule has 0 aromatic heterocycles. The normalized spacial score (nSPS) is 6.00. The van der Waals surface area contributed by atoms with Crippen molar-refractivity contribution in [3.8, 4) is 12.5 Å². The summed E-state index contributed by atoms with van der Waals surface area (Å²) in [5.41, 5.74) is 0. The van der Waals surface area contributed by atoms with Crippen LogP contribution in [0.15, 0.2) is 0 Å². The fourth-order valence-electron chi connectivity index (χ4n) is 0.166. The molecule has 0 aliphatic heterocycles. The maximum atomic E-state index is 10.1. The van der Waals surface area contributed by atoms with Crippen molar-refractivity contribution in [2.24, 2.45) is 0 Å². The molecule has 0 N–H and O–H groups in total. The summed E-state index contributed by atoms with van der Waals surface area (Å²) in [6, 6.07) is 0. The van der Waals surface area contributed by atoms with Gasteiger partial charge in [-0.05, 0) is 0 Å². The number of esters is 2. The Morgan fingerprint density at radius 3 is 1.45 bits per heavy atom. The van der Waals surface area contributed by atoms with Crippen molar-refractivity contribution in [3.63, 3.8) is 0 Å². The Balaban J connectivity index is 0. The van der Waals surface area contributed by atoms with E-state index in [1.807, 2.05) is 0 Å². The Kier molecular flexibility index (Phi) is 7.37. The summed E-state index contributed by atoms with van der Waals surface area (Å²) in [7, 11) is 0. The molecule has 0 aromatic rings. The van der Waals surface area contributed by atoms with E-state index in [0.29, 0.717) is 0 Å². The van der Waals surface area contributed by atoms with Gasteiger partial charge in [0.1, 0.15) is 0 Å². The number of carbonyl (C=O) groups is 2. The first kappa shape index (κ1) is 12.2. The topological polar surface area (TPSA) is 100 Å². The number of ether oxygens (including phenoxy) is 2. The SMILES string of the molecule is N#COC(=O)C(=O)OC#N.[LiH]. The van der Waals surface area contributed by atoms with Crippen LogP contribution >= 0.6 is 0 Å². The van der Waals surface area contributed by atoms with E-state index < -0.39 is 11.9 Å². The molecule has 0 fully saturated rings. The van der Waals surface area contributed by atoms with Crippen molar-refractivity contribution in [2.45, 2.75) is 0 Å². The molecule has 0 amide bonds. The van der Waals surface area contributed by atoms with Gasteiger partial charge >= 0.3 is 30.8 Å². The number of nitrogens with zero attached hydrogens (tertiary/aromatic N) is 2. The summed E-state index contributed by atoms with van der Waals surface area (Å²) < 4.78 is 6.99. The van der Waals surface area contributed by atoms with E-state index in [0.717, 1.165) is 12.5 Å². The van der Waals surface area contributed by atoms with Gasteiger partial charge in [-0.1, -0.05) is 0 Å². The van der Waals surface area contributed by atoms with Crippen LogP contribution in [0, 0.1) is 23.0 Å². The van der Waals surface area contributed by atoms with E-state index >= 15 is 0 Å². The van der Waals surface area contributed by atoms with E-state index in [1.165, 1.54) is 0 Å². The van der Waals surface area contributed by atoms with Gasteiger partial charge in [0.15, 0.2) is 0 Å². The predicted octanol–water partition coefficient (Wildman–Crippen LogP) is -1.61. The molecule has 0 aliphatic rings. The summed E-state index contributed by atoms with van der Waals surface area (Å²) in [4.78, 5) is 20.1. The Bertz CT molecular complexity index is 211. The van der Waals surface area contributed by atoms with E-state index in [9.17, 15) is 9.59 Å². The summed E-state index contributed by atoms with van der Waals surface area (Å²) in [6.07, 6.45) is 1.89. The van der Waals surface area contributed by atoms with Gasteiger partial charge in [-0.3, -0.25) is 0 Å². The van der Waals surface area contributed by atoms with Crippen LogP contribution in [-0.2, 0) is 19.1 Å². The van der Waals surface area contributed by atoms with Crippen molar-refractivity contribution in [1.29, 1.82) is 10.5 Å². The molecule has 52 valence electrons. The van der Waals surface area contributed by atoms with E-state index in [-0.39, 0.29) is 18.9 Å². The zero-order valence-electron chi connectivity index (χ0n) is 4.53. The van der Waals surface area contributed by atoms with Gasteiger partial charge in [0.05, 0.1) is 0 Å². The molecule has 0 saturated heterocycles. The summed E-state index contributed by atoms with van der Waals surface area (Å²) in [5.74, 6) is -3.02. The van der Waals surface area contributed by atoms with Crippen molar-refractivity contribution in [1.82, 2.24) is 0 Å². The summed E-state index contributed by atoms with van der Waals surface area (Å²) >= 11 is 0. The molecule has 0 aromatic carbocycles. The van der Waals surface area contributed by atoms with Crippen LogP contribution in [0.3, 0.4) is 0 Å². The second kappa shape index (κ2) is 6.63. The van der Waals surface area contributed by atoms with Crippen LogP contribution in [0.5, 0.6) is 0 Å². The number of hydrogen-bond acceptors (Lipinski definition) is 6. The van der Waals surface area contributed by atoms with Crippen LogP contribution in [-0.4, -0.2) is 30.8 Å². The predicted molar refractivity (Wildman–Crippen MR) is 30.6 cm³/mol. The van der Waals surface area contributed by atoms with Gasteiger partial charge in [0.2, 0.25) is 0 Å². The molecular formula is C4HLiN2O4. The maximum absolute atomic E-state index is 10.1. The van der Waals surface area contributed by atoms with Gasteiger partial charge in [-0.25, -0.2) is 9.59 Å². The van der Waals surface area contributed by atoms with Crippen molar-refractivity contribution in [3.05, 3.63) is 0 Å². The molecular weight excluding hydrogens is 147 g/mol. The minimum absolute atomic E-state index is 0. The third kappa shape index (κ3) is 4.99. The second-order valence-corrected chi connectivity index (χ2v) is 0.962. The van der Waals surface area contributed by atoms with Gasteiger partial charge in [0, 0.05) is 0 Å². The first-order valence-corrected chi connectivity index (χ1v) is 1.92. The van der Waals surface area contributed by atoms with Crippen LogP contribution in [0.25, 0.3) is 0 Å². The average Bonchev–Trinajstić information content (AvgIpc) is 1.89. The third-order valence-electron chi connectivity index (χ3n) is 0.443. The fourth-order valence-corrected chi connectivity index (χ4v) is 0.166. The first-order chi connectivity index (χ1) is 4.72. The molecule has 0 heterocycles. The standard InChI is InChI=1S/C4N2O4.Li.H/c5-1-9-3(7)4(8)10-2-6;;. The van der Waals surface area contributed by atoms with Crippen LogP contribution in [0.2, 0.25) is 0 Å². The van der Waals surface area contributed by atoms with E-state index in [4.69, 9.17) is 10.5 Å². The quantitative estimate of drug-likeness (QED) is 0.177. The summed E-state index contributed by atoms with van der Waals surface area (Å²) in [5, 5.41) is 15.3. The Morgan fingerprint density at radius 2 is 1.27 bits per heavy atom. The van der Waals surface area contributed by atoms with Gasteiger partial charge in [-0.2, -0.15) is 0 Å². The Hall–Kier alpha value is -1.48. The molecule has 0 bridgehead atoms. The molecule has 0 rings (SSSR count). The van der Waals surface area contributed by atoms with Crippen molar-refractivity contribution < 1.29 is 19.1 Å². The molecule has 6 nitrogen and oxygen atoms in total. The van der Waals surface area contributed by atoms with E-state index in [2.05, 4.69) is 9.47 Å². The molecule has 0 atom stereocenters. The minimum atomic E-state index is -1.51. The number of rotatable bonds is 0. The van der Waals surface area contributed by atoms with Crippen LogP contribution < -0.4 is 0 Å². The van der Waals surface area contributed by atoms with Gasteiger partial charge in [-0.15, -0.1) is 10.5 Å². The number of carbonyl (C=O) groups excluding carboxylic acids is 2. The second-order valence-electron chi connectivity index (χ2n) is 0.962. The van der Waals surface area contributed by atoms with Crippen molar-refractivity contribution in [2.75, 3.05) is 0 Å². The third-order valence-corrected chi connectivity index (χ3v) is 0.443. The van der Waals surface area contributed by atoms with E-state index in [1.54, 1.807) is 0 Å². The molecule has 7 heteroatoms. The zero-order valence-corrected chi connectivity index (χ0v) is 4.53. The monoisotopic (exact) mass is 148 g/mol. The zero-order chi connectivity index (χ0) is 7.98. The molecule has 0 aliphatic carbocycles. The fraction of sp³-hybridized carbons (Fsp3) is 0. The van der Waals surface area contributed by atoms with Crippen LogP contribution in [0.1, 0.15) is 0 Å². The summed E-state index contributed by atoms with van der Waals surface area (Å²) in [6.45, 7) is 0. The van der Waals surface area contributed by atoms with Crippen molar-refractivity contribution >= 4 is 30.8 Å². The Morgan fingerprint density at radius 1 is 1.00 bits per heavy atom. The number of hydrogen-bond donors (Lipinski definition) is 0. The van der Waals surface area contributed by atoms with Crippen LogP contribution in [0.4, 0.5) is 0 Å². The molecule has 0 saturated carbocycles. The number of nitriles is 2. The Labute approximate surface area is 73.5 Å². The first-order valence-electron chi connectivity index (χ1n) is 1.92. The molecule has 0 radical (unpaired) electrons. The van der Waals surface area contributed by atoms with Gasteiger partial charge < -0.3 is 9.47 Å². The molecule has 0 unspecified atom stereocenters. The molecule has 11 heavy (non-hydrogen) atoms. The molecule has 0 spiro atoms.